The molecule has 0 aliphatic heterocycles. The molecule has 0 aliphatic carbocycles. The lowest BCUT2D eigenvalue weighted by molar-refractivity contribution is 0.629. The van der Waals surface area contributed by atoms with Crippen molar-refractivity contribution >= 4 is 22.4 Å². The number of nitrogens with one attached hydrogen (secondary N) is 1. The minimum absolute atomic E-state index is 0.278. The van der Waals surface area contributed by atoms with Gasteiger partial charge in [0.1, 0.15) is 5.82 Å². The smallest absolute Gasteiger partial charge is 0.256 e. The molecule has 1 aromatic heterocycles. The lowest BCUT2D eigenvalue weighted by atomic mass is 10.1. The average molecular weight is 212 g/mol. The highest BCUT2D eigenvalue weighted by molar-refractivity contribution is 6.36. The fraction of sp³-hybridized carbons (Fsp3) is 0.100. The largest absolute Gasteiger partial charge is 0.324 e. The van der Waals surface area contributed by atoms with Crippen LogP contribution < -0.4 is 5.56 Å². The molecule has 0 saturated carbocycles. The van der Waals surface area contributed by atoms with Crippen molar-refractivity contribution in [2.45, 2.75) is 6.92 Å². The van der Waals surface area contributed by atoms with Crippen molar-refractivity contribution in [2.24, 2.45) is 0 Å². The first-order valence-electron chi connectivity index (χ1n) is 4.07. The number of pyridine rings is 1. The molecule has 0 fully saturated rings. The minimum Gasteiger partial charge on any atom is -0.324 e. The Hall–Kier alpha value is -1.35. The summed E-state index contributed by atoms with van der Waals surface area (Å²) in [4.78, 5) is 14.0. The third-order valence-corrected chi connectivity index (χ3v) is 2.58. The Morgan fingerprint density at radius 2 is 2.07 bits per heavy atom. The molecule has 0 amide bonds. The van der Waals surface area contributed by atoms with Gasteiger partial charge in [-0.15, -0.1) is 0 Å². The van der Waals surface area contributed by atoms with Crippen LogP contribution in [0.2, 0.25) is 5.02 Å². The monoisotopic (exact) mass is 211 g/mol. The van der Waals surface area contributed by atoms with Gasteiger partial charge in [-0.2, -0.15) is 0 Å². The van der Waals surface area contributed by atoms with Crippen molar-refractivity contribution in [3.63, 3.8) is 0 Å². The Morgan fingerprint density at radius 1 is 1.36 bits per heavy atom. The Labute approximate surface area is 84.3 Å². The summed E-state index contributed by atoms with van der Waals surface area (Å²) in [7, 11) is 0. The maximum atomic E-state index is 12.9. The van der Waals surface area contributed by atoms with Crippen LogP contribution in [-0.2, 0) is 0 Å². The Bertz CT molecular complexity index is 562. The molecule has 1 heterocycles. The number of H-pyrrole nitrogens is 1. The van der Waals surface area contributed by atoms with Gasteiger partial charge in [-0.05, 0) is 25.1 Å². The van der Waals surface area contributed by atoms with E-state index in [4.69, 9.17) is 11.6 Å². The zero-order valence-electron chi connectivity index (χ0n) is 7.40. The normalized spacial score (nSPS) is 10.8. The topological polar surface area (TPSA) is 32.9 Å². The number of benzene rings is 1. The summed E-state index contributed by atoms with van der Waals surface area (Å²) >= 11 is 5.96. The number of hydrogen-bond acceptors (Lipinski definition) is 1. The molecule has 0 bridgehead atoms. The van der Waals surface area contributed by atoms with E-state index < -0.39 is 5.82 Å². The van der Waals surface area contributed by atoms with Crippen molar-refractivity contribution in [2.75, 3.05) is 0 Å². The van der Waals surface area contributed by atoms with Crippen LogP contribution in [0.3, 0.4) is 0 Å². The van der Waals surface area contributed by atoms with Gasteiger partial charge in [0.25, 0.3) is 5.56 Å². The van der Waals surface area contributed by atoms with Crippen LogP contribution in [0.5, 0.6) is 0 Å². The molecule has 0 aliphatic rings. The van der Waals surface area contributed by atoms with Crippen LogP contribution in [-0.4, -0.2) is 4.98 Å². The zero-order valence-corrected chi connectivity index (χ0v) is 8.15. The molecule has 1 N–H and O–H groups in total. The molecule has 0 saturated heterocycles. The number of hydrogen-bond donors (Lipinski definition) is 1. The first-order chi connectivity index (χ1) is 6.59. The molecule has 2 aromatic rings. The summed E-state index contributed by atoms with van der Waals surface area (Å²) < 4.78 is 12.9. The van der Waals surface area contributed by atoms with E-state index >= 15 is 0 Å². The van der Waals surface area contributed by atoms with E-state index in [0.29, 0.717) is 16.1 Å². The third kappa shape index (κ3) is 1.30. The van der Waals surface area contributed by atoms with E-state index in [-0.39, 0.29) is 10.9 Å². The molecular formula is C10H7ClFNO. The van der Waals surface area contributed by atoms with E-state index in [1.54, 1.807) is 6.92 Å². The molecule has 2 nitrogen and oxygen atoms in total. The number of rotatable bonds is 0. The molecule has 72 valence electrons. The molecule has 0 unspecified atom stereocenters. The molecular weight excluding hydrogens is 205 g/mol. The predicted octanol–water partition coefficient (Wildman–Crippen LogP) is 2.63. The van der Waals surface area contributed by atoms with Gasteiger partial charge in [-0.25, -0.2) is 4.39 Å². The van der Waals surface area contributed by atoms with Crippen LogP contribution in [0.25, 0.3) is 10.8 Å². The highest BCUT2D eigenvalue weighted by Gasteiger charge is 2.06. The van der Waals surface area contributed by atoms with E-state index in [1.807, 2.05) is 0 Å². The molecule has 2 rings (SSSR count). The highest BCUT2D eigenvalue weighted by atomic mass is 35.5. The van der Waals surface area contributed by atoms with E-state index in [1.165, 1.54) is 18.2 Å². The predicted molar refractivity (Wildman–Crippen MR) is 54.3 cm³/mol. The zero-order chi connectivity index (χ0) is 10.3. The molecule has 0 radical (unpaired) electrons. The van der Waals surface area contributed by atoms with Crippen molar-refractivity contribution in [1.82, 2.24) is 4.98 Å². The second kappa shape index (κ2) is 3.10. The Morgan fingerprint density at radius 3 is 2.79 bits per heavy atom. The Balaban J connectivity index is 3.02. The number of aromatic nitrogens is 1. The molecule has 0 atom stereocenters. The second-order valence-corrected chi connectivity index (χ2v) is 3.46. The summed E-state index contributed by atoms with van der Waals surface area (Å²) in [5.41, 5.74) is 0.275. The summed E-state index contributed by atoms with van der Waals surface area (Å²) in [5.74, 6) is -0.442. The average Bonchev–Trinajstić information content (AvgIpc) is 2.14. The number of fused-ring (bicyclic) bond motifs is 1. The van der Waals surface area contributed by atoms with Crippen LogP contribution >= 0.6 is 11.6 Å². The number of aryl methyl sites for hydroxylation is 1. The fourth-order valence-corrected chi connectivity index (χ4v) is 1.60. The standard InChI is InChI=1S/C10H7ClFNO/c1-5-9(11)7-3-2-6(12)4-8(7)10(14)13-5/h2-4H,1H3,(H,13,14). The van der Waals surface area contributed by atoms with Gasteiger partial charge in [0.15, 0.2) is 0 Å². The molecule has 4 heteroatoms. The Kier molecular flexibility index (Phi) is 2.04. The van der Waals surface area contributed by atoms with Gasteiger partial charge in [-0.1, -0.05) is 11.6 Å². The second-order valence-electron chi connectivity index (χ2n) is 3.08. The van der Waals surface area contributed by atoms with Crippen LogP contribution in [0.1, 0.15) is 5.69 Å². The van der Waals surface area contributed by atoms with Gasteiger partial charge < -0.3 is 4.98 Å². The molecule has 0 spiro atoms. The molecule has 14 heavy (non-hydrogen) atoms. The lowest BCUT2D eigenvalue weighted by Crippen LogP contribution is -2.08. The summed E-state index contributed by atoms with van der Waals surface area (Å²) in [6, 6.07) is 3.97. The SMILES string of the molecule is Cc1[nH]c(=O)c2cc(F)ccc2c1Cl. The van der Waals surface area contributed by atoms with Gasteiger partial charge in [0, 0.05) is 11.1 Å². The summed E-state index contributed by atoms with van der Waals surface area (Å²) in [6.07, 6.45) is 0. The van der Waals surface area contributed by atoms with E-state index in [0.717, 1.165) is 0 Å². The van der Waals surface area contributed by atoms with Crippen molar-refractivity contribution in [3.8, 4) is 0 Å². The van der Waals surface area contributed by atoms with Crippen molar-refractivity contribution < 1.29 is 4.39 Å². The third-order valence-electron chi connectivity index (χ3n) is 2.09. The van der Waals surface area contributed by atoms with Crippen molar-refractivity contribution in [1.29, 1.82) is 0 Å². The summed E-state index contributed by atoms with van der Waals surface area (Å²) in [5, 5.41) is 1.31. The van der Waals surface area contributed by atoms with Gasteiger partial charge >= 0.3 is 0 Å². The van der Waals surface area contributed by atoms with Crippen LogP contribution in [0.15, 0.2) is 23.0 Å². The van der Waals surface area contributed by atoms with E-state index in [2.05, 4.69) is 4.98 Å². The van der Waals surface area contributed by atoms with Crippen LogP contribution in [0.4, 0.5) is 4.39 Å². The van der Waals surface area contributed by atoms with Crippen LogP contribution in [0, 0.1) is 12.7 Å². The maximum Gasteiger partial charge on any atom is 0.256 e. The maximum absolute atomic E-state index is 12.9. The van der Waals surface area contributed by atoms with Crippen molar-refractivity contribution in [3.05, 3.63) is 45.1 Å². The molecule has 1 aromatic carbocycles. The summed E-state index contributed by atoms with van der Waals surface area (Å²) in [6.45, 7) is 1.70. The van der Waals surface area contributed by atoms with Gasteiger partial charge in [-0.3, -0.25) is 4.79 Å². The number of aromatic amines is 1. The van der Waals surface area contributed by atoms with E-state index in [9.17, 15) is 9.18 Å². The number of halogens is 2. The minimum atomic E-state index is -0.442. The first-order valence-corrected chi connectivity index (χ1v) is 4.45. The highest BCUT2D eigenvalue weighted by Crippen LogP contribution is 2.23. The quantitative estimate of drug-likeness (QED) is 0.714. The van der Waals surface area contributed by atoms with Gasteiger partial charge in [0.05, 0.1) is 10.4 Å². The van der Waals surface area contributed by atoms with Gasteiger partial charge in [0.2, 0.25) is 0 Å². The fourth-order valence-electron chi connectivity index (χ4n) is 1.39. The lowest BCUT2D eigenvalue weighted by Gasteiger charge is -2.02. The first kappa shape index (κ1) is 9.21.